The lowest BCUT2D eigenvalue weighted by Crippen LogP contribution is -2.41. The minimum atomic E-state index is -0.498. The van der Waals surface area contributed by atoms with E-state index in [1.807, 2.05) is 37.3 Å². The SMILES string of the molecule is Cc1cc(OCC2CN(Sc3c(C=O)[nH]c4ccc(Cl)cc34)CCO2)ccc1-c1ccc(F)nc1. The predicted molar refractivity (Wildman–Crippen MR) is 136 cm³/mol. The van der Waals surface area contributed by atoms with E-state index in [1.165, 1.54) is 24.2 Å². The molecule has 0 bridgehead atoms. The van der Waals surface area contributed by atoms with E-state index >= 15 is 0 Å². The van der Waals surface area contributed by atoms with Gasteiger partial charge in [0, 0.05) is 40.8 Å². The number of H-pyrrole nitrogens is 1. The number of nitrogens with zero attached hydrogens (tertiary/aromatic N) is 2. The van der Waals surface area contributed by atoms with Crippen molar-refractivity contribution in [3.63, 3.8) is 0 Å². The Hall–Kier alpha value is -2.91. The fraction of sp³-hybridized carbons (Fsp3) is 0.231. The maximum Gasteiger partial charge on any atom is 0.212 e. The van der Waals surface area contributed by atoms with Crippen molar-refractivity contribution in [3.8, 4) is 16.9 Å². The minimum Gasteiger partial charge on any atom is -0.491 e. The summed E-state index contributed by atoms with van der Waals surface area (Å²) < 4.78 is 27.3. The molecular weight excluding hydrogens is 489 g/mol. The average Bonchev–Trinajstić information content (AvgIpc) is 3.20. The van der Waals surface area contributed by atoms with Crippen molar-refractivity contribution in [1.82, 2.24) is 14.3 Å². The molecule has 4 aromatic rings. The molecule has 0 radical (unpaired) electrons. The van der Waals surface area contributed by atoms with Gasteiger partial charge in [-0.1, -0.05) is 17.7 Å². The first-order valence-corrected chi connectivity index (χ1v) is 12.3. The molecule has 1 fully saturated rings. The van der Waals surface area contributed by atoms with Crippen molar-refractivity contribution in [3.05, 3.63) is 77.0 Å². The van der Waals surface area contributed by atoms with Crippen LogP contribution in [0.5, 0.6) is 5.75 Å². The molecule has 9 heteroatoms. The van der Waals surface area contributed by atoms with Crippen LogP contribution < -0.4 is 4.74 Å². The Labute approximate surface area is 211 Å². The molecule has 0 amide bonds. The van der Waals surface area contributed by atoms with Gasteiger partial charge in [-0.15, -0.1) is 0 Å². The maximum atomic E-state index is 13.1. The Morgan fingerprint density at radius 2 is 2.17 bits per heavy atom. The van der Waals surface area contributed by atoms with Gasteiger partial charge in [-0.25, -0.2) is 9.29 Å². The standard InChI is InChI=1S/C26H23ClFN3O3S/c1-16-10-19(4-5-21(16)17-2-7-25(28)29-12-17)34-15-20-13-31(8-9-33-20)35-26-22-11-18(27)3-6-23(22)30-24(26)14-32/h2-7,10-12,14,20,30H,8-9,13,15H2,1H3. The number of rotatable bonds is 7. The lowest BCUT2D eigenvalue weighted by molar-refractivity contribution is -0.0224. The molecule has 5 rings (SSSR count). The second-order valence-corrected chi connectivity index (χ2v) is 9.85. The molecule has 35 heavy (non-hydrogen) atoms. The first kappa shape index (κ1) is 23.8. The summed E-state index contributed by atoms with van der Waals surface area (Å²) in [7, 11) is 0. The lowest BCUT2D eigenvalue weighted by Gasteiger charge is -2.31. The first-order valence-electron chi connectivity index (χ1n) is 11.2. The molecule has 180 valence electrons. The van der Waals surface area contributed by atoms with Crippen LogP contribution >= 0.6 is 23.5 Å². The molecule has 0 saturated carbocycles. The molecule has 2 aromatic carbocycles. The summed E-state index contributed by atoms with van der Waals surface area (Å²) in [5.41, 5.74) is 4.26. The molecule has 1 saturated heterocycles. The van der Waals surface area contributed by atoms with Gasteiger partial charge in [-0.3, -0.25) is 4.79 Å². The maximum absolute atomic E-state index is 13.1. The Bertz CT molecular complexity index is 1360. The molecule has 1 atom stereocenters. The van der Waals surface area contributed by atoms with Crippen LogP contribution in [-0.4, -0.2) is 53.0 Å². The van der Waals surface area contributed by atoms with Crippen molar-refractivity contribution >= 4 is 40.7 Å². The number of nitrogens with one attached hydrogen (secondary N) is 1. The third-order valence-corrected chi connectivity index (χ3v) is 7.30. The van der Waals surface area contributed by atoms with Crippen molar-refractivity contribution in [2.24, 2.45) is 0 Å². The molecule has 6 nitrogen and oxygen atoms in total. The molecule has 0 aliphatic carbocycles. The number of fused-ring (bicyclic) bond motifs is 1. The number of aryl methyl sites for hydroxylation is 1. The van der Waals surface area contributed by atoms with Crippen LogP contribution in [-0.2, 0) is 4.74 Å². The van der Waals surface area contributed by atoms with Crippen LogP contribution in [0, 0.1) is 12.9 Å². The van der Waals surface area contributed by atoms with Crippen molar-refractivity contribution in [2.75, 3.05) is 26.3 Å². The summed E-state index contributed by atoms with van der Waals surface area (Å²) in [6.07, 6.45) is 2.24. The van der Waals surface area contributed by atoms with Crippen LogP contribution in [0.1, 0.15) is 16.1 Å². The highest BCUT2D eigenvalue weighted by Gasteiger charge is 2.24. The Morgan fingerprint density at radius 1 is 1.29 bits per heavy atom. The lowest BCUT2D eigenvalue weighted by atomic mass is 10.0. The van der Waals surface area contributed by atoms with Crippen LogP contribution in [0.25, 0.3) is 22.0 Å². The zero-order valence-corrected chi connectivity index (χ0v) is 20.5. The average molecular weight is 512 g/mol. The number of pyridine rings is 1. The fourth-order valence-electron chi connectivity index (χ4n) is 4.12. The van der Waals surface area contributed by atoms with Gasteiger partial charge in [0.15, 0.2) is 6.29 Å². The van der Waals surface area contributed by atoms with Gasteiger partial charge >= 0.3 is 0 Å². The molecule has 1 unspecified atom stereocenters. The first-order chi connectivity index (χ1) is 17.0. The van der Waals surface area contributed by atoms with Gasteiger partial charge in [0.25, 0.3) is 0 Å². The van der Waals surface area contributed by atoms with Crippen LogP contribution in [0.3, 0.4) is 0 Å². The van der Waals surface area contributed by atoms with Gasteiger partial charge < -0.3 is 14.5 Å². The zero-order chi connectivity index (χ0) is 24.4. The number of carbonyl (C=O) groups excluding carboxylic acids is 1. The van der Waals surface area contributed by atoms with E-state index in [1.54, 1.807) is 12.1 Å². The van der Waals surface area contributed by atoms with Crippen molar-refractivity contribution in [1.29, 1.82) is 0 Å². The number of morpholine rings is 1. The van der Waals surface area contributed by atoms with Crippen LogP contribution in [0.15, 0.2) is 59.6 Å². The molecule has 3 heterocycles. The molecule has 2 aromatic heterocycles. The van der Waals surface area contributed by atoms with E-state index in [0.29, 0.717) is 30.5 Å². The number of hydrogen-bond acceptors (Lipinski definition) is 6. The van der Waals surface area contributed by atoms with Crippen LogP contribution in [0.4, 0.5) is 4.39 Å². The van der Waals surface area contributed by atoms with Gasteiger partial charge in [-0.2, -0.15) is 4.39 Å². The van der Waals surface area contributed by atoms with E-state index in [4.69, 9.17) is 21.1 Å². The smallest absolute Gasteiger partial charge is 0.212 e. The summed E-state index contributed by atoms with van der Waals surface area (Å²) in [4.78, 5) is 19.4. The Balaban J connectivity index is 1.23. The second kappa shape index (κ2) is 10.4. The minimum absolute atomic E-state index is 0.119. The van der Waals surface area contributed by atoms with Crippen molar-refractivity contribution < 1.29 is 18.7 Å². The third-order valence-electron chi connectivity index (χ3n) is 5.85. The monoisotopic (exact) mass is 511 g/mol. The van der Waals surface area contributed by atoms with Gasteiger partial charge in [0.2, 0.25) is 5.95 Å². The molecule has 0 spiro atoms. The normalized spacial score (nSPS) is 16.5. The Morgan fingerprint density at radius 3 is 2.94 bits per heavy atom. The van der Waals surface area contributed by atoms with E-state index in [2.05, 4.69) is 14.3 Å². The summed E-state index contributed by atoms with van der Waals surface area (Å²) in [5.74, 6) is 0.242. The van der Waals surface area contributed by atoms with E-state index in [0.717, 1.165) is 51.1 Å². The molecular formula is C26H23ClFN3O3S. The molecule has 1 N–H and O–H groups in total. The highest BCUT2D eigenvalue weighted by atomic mass is 35.5. The second-order valence-electron chi connectivity index (χ2n) is 8.30. The zero-order valence-electron chi connectivity index (χ0n) is 19.0. The van der Waals surface area contributed by atoms with Crippen LogP contribution in [0.2, 0.25) is 5.02 Å². The van der Waals surface area contributed by atoms with E-state index in [9.17, 15) is 9.18 Å². The topological polar surface area (TPSA) is 67.5 Å². The van der Waals surface area contributed by atoms with Gasteiger partial charge in [0.05, 0.1) is 17.2 Å². The highest BCUT2D eigenvalue weighted by molar-refractivity contribution is 7.97. The number of aromatic amines is 1. The number of halogens is 2. The molecule has 1 aliphatic heterocycles. The summed E-state index contributed by atoms with van der Waals surface area (Å²) in [6.45, 7) is 4.32. The Kier molecular flexibility index (Phi) is 7.06. The number of aromatic nitrogens is 2. The number of carbonyl (C=O) groups is 1. The highest BCUT2D eigenvalue weighted by Crippen LogP contribution is 2.35. The number of hydrogen-bond donors (Lipinski definition) is 1. The number of aldehydes is 1. The van der Waals surface area contributed by atoms with Crippen molar-refractivity contribution in [2.45, 2.75) is 17.9 Å². The van der Waals surface area contributed by atoms with Gasteiger partial charge in [0.1, 0.15) is 18.5 Å². The summed E-state index contributed by atoms with van der Waals surface area (Å²) in [5, 5.41) is 1.55. The van der Waals surface area contributed by atoms with Gasteiger partial charge in [-0.05, 0) is 72.5 Å². The summed E-state index contributed by atoms with van der Waals surface area (Å²) >= 11 is 7.72. The largest absolute Gasteiger partial charge is 0.491 e. The number of benzene rings is 2. The number of ether oxygens (including phenoxy) is 2. The quantitative estimate of drug-likeness (QED) is 0.188. The molecule has 1 aliphatic rings. The summed E-state index contributed by atoms with van der Waals surface area (Å²) in [6, 6.07) is 14.4. The predicted octanol–water partition coefficient (Wildman–Crippen LogP) is 5.93. The van der Waals surface area contributed by atoms with E-state index in [-0.39, 0.29) is 6.10 Å². The third kappa shape index (κ3) is 5.36. The fourth-order valence-corrected chi connectivity index (χ4v) is 5.42. The van der Waals surface area contributed by atoms with E-state index < -0.39 is 5.95 Å².